The second-order valence-corrected chi connectivity index (χ2v) is 6.18. The molecular weight excluding hydrogens is 318 g/mol. The van der Waals surface area contributed by atoms with Gasteiger partial charge in [-0.05, 0) is 36.1 Å². The van der Waals surface area contributed by atoms with E-state index in [2.05, 4.69) is 41.9 Å². The van der Waals surface area contributed by atoms with Crippen molar-refractivity contribution in [2.24, 2.45) is 0 Å². The summed E-state index contributed by atoms with van der Waals surface area (Å²) in [4.78, 5) is 23.6. The zero-order valence-corrected chi connectivity index (χ0v) is 14.8. The zero-order valence-electron chi connectivity index (χ0n) is 14.8. The van der Waals surface area contributed by atoms with Gasteiger partial charge in [0.05, 0.1) is 12.3 Å². The van der Waals surface area contributed by atoms with Crippen molar-refractivity contribution in [1.29, 1.82) is 0 Å². The second-order valence-electron chi connectivity index (χ2n) is 6.18. The predicted molar refractivity (Wildman–Crippen MR) is 96.5 cm³/mol. The molecule has 1 aromatic carbocycles. The molecule has 0 aliphatic heterocycles. The van der Waals surface area contributed by atoms with E-state index in [9.17, 15) is 9.59 Å². The highest BCUT2D eigenvalue weighted by Crippen LogP contribution is 2.18. The van der Waals surface area contributed by atoms with E-state index in [0.717, 1.165) is 5.56 Å². The van der Waals surface area contributed by atoms with Gasteiger partial charge < -0.3 is 20.4 Å². The largest absolute Gasteiger partial charge is 0.459 e. The Labute approximate surface area is 148 Å². The predicted octanol–water partition coefficient (Wildman–Crippen LogP) is 3.19. The second kappa shape index (κ2) is 8.92. The van der Waals surface area contributed by atoms with Gasteiger partial charge in [-0.15, -0.1) is 0 Å². The first-order chi connectivity index (χ1) is 12.0. The number of amides is 3. The fourth-order valence-electron chi connectivity index (χ4n) is 2.35. The topological polar surface area (TPSA) is 83.4 Å². The number of carbonyl (C=O) groups is 2. The van der Waals surface area contributed by atoms with Crippen LogP contribution in [-0.2, 0) is 0 Å². The highest BCUT2D eigenvalue weighted by Gasteiger charge is 2.10. The monoisotopic (exact) mass is 343 g/mol. The van der Waals surface area contributed by atoms with Crippen molar-refractivity contribution >= 4 is 11.9 Å². The molecule has 0 saturated carbocycles. The lowest BCUT2D eigenvalue weighted by atomic mass is 10.00. The molecule has 1 atom stereocenters. The lowest BCUT2D eigenvalue weighted by Crippen LogP contribution is -2.41. The van der Waals surface area contributed by atoms with Crippen LogP contribution >= 0.6 is 0 Å². The number of nitrogens with one attached hydrogen (secondary N) is 3. The van der Waals surface area contributed by atoms with Crippen molar-refractivity contribution in [2.45, 2.75) is 32.7 Å². The summed E-state index contributed by atoms with van der Waals surface area (Å²) in [5, 5.41) is 8.26. The molecule has 6 nitrogen and oxygen atoms in total. The Morgan fingerprint density at radius 1 is 0.960 bits per heavy atom. The maximum Gasteiger partial charge on any atom is 0.315 e. The van der Waals surface area contributed by atoms with Crippen LogP contribution in [0, 0.1) is 0 Å². The first kappa shape index (κ1) is 18.6. The van der Waals surface area contributed by atoms with Gasteiger partial charge in [0.2, 0.25) is 0 Å². The van der Waals surface area contributed by atoms with Crippen LogP contribution in [0.2, 0.25) is 0 Å². The van der Waals surface area contributed by atoms with E-state index in [1.807, 2.05) is 19.1 Å². The summed E-state index contributed by atoms with van der Waals surface area (Å²) in [6, 6.07) is 11.1. The molecule has 134 valence electrons. The average Bonchev–Trinajstić information content (AvgIpc) is 3.13. The number of carbonyl (C=O) groups excluding carboxylic acids is 2. The molecule has 1 aromatic heterocycles. The van der Waals surface area contributed by atoms with Gasteiger partial charge in [-0.2, -0.15) is 0 Å². The third-order valence-electron chi connectivity index (χ3n) is 3.89. The van der Waals surface area contributed by atoms with Crippen LogP contribution < -0.4 is 16.0 Å². The van der Waals surface area contributed by atoms with Crippen molar-refractivity contribution in [2.75, 3.05) is 13.1 Å². The summed E-state index contributed by atoms with van der Waals surface area (Å²) in [5.41, 5.74) is 2.32. The number of hydrogen-bond acceptors (Lipinski definition) is 3. The fourth-order valence-corrected chi connectivity index (χ4v) is 2.35. The van der Waals surface area contributed by atoms with Crippen molar-refractivity contribution in [1.82, 2.24) is 16.0 Å². The molecular formula is C19H25N3O3. The van der Waals surface area contributed by atoms with E-state index < -0.39 is 0 Å². The lowest BCUT2D eigenvalue weighted by Gasteiger charge is -2.16. The van der Waals surface area contributed by atoms with Crippen LogP contribution in [0.4, 0.5) is 4.79 Å². The molecule has 0 bridgehead atoms. The standard InChI is InChI=1S/C19H25N3O3/c1-13(2)15-6-8-16(9-7-15)14(3)22-19(24)21-11-10-20-18(23)17-5-4-12-25-17/h4-9,12-14H,10-11H2,1-3H3,(H,20,23)(H2,21,22,24). The van der Waals surface area contributed by atoms with Gasteiger partial charge in [0.15, 0.2) is 5.76 Å². The van der Waals surface area contributed by atoms with Crippen LogP contribution in [0.5, 0.6) is 0 Å². The van der Waals surface area contributed by atoms with Crippen LogP contribution in [0.25, 0.3) is 0 Å². The van der Waals surface area contributed by atoms with E-state index in [1.54, 1.807) is 12.1 Å². The molecule has 1 heterocycles. The van der Waals surface area contributed by atoms with E-state index >= 15 is 0 Å². The van der Waals surface area contributed by atoms with Crippen molar-refractivity contribution in [3.8, 4) is 0 Å². The van der Waals surface area contributed by atoms with Gasteiger partial charge >= 0.3 is 6.03 Å². The maximum absolute atomic E-state index is 11.9. The van der Waals surface area contributed by atoms with Crippen molar-refractivity contribution < 1.29 is 14.0 Å². The smallest absolute Gasteiger partial charge is 0.315 e. The third-order valence-corrected chi connectivity index (χ3v) is 3.89. The average molecular weight is 343 g/mol. The van der Waals surface area contributed by atoms with Gasteiger partial charge in [0, 0.05) is 13.1 Å². The minimum atomic E-state index is -0.300. The molecule has 3 amide bonds. The highest BCUT2D eigenvalue weighted by molar-refractivity contribution is 5.91. The Morgan fingerprint density at radius 3 is 2.20 bits per heavy atom. The molecule has 2 rings (SSSR count). The highest BCUT2D eigenvalue weighted by atomic mass is 16.3. The van der Waals surface area contributed by atoms with Gasteiger partial charge in [-0.3, -0.25) is 4.79 Å². The molecule has 2 aromatic rings. The van der Waals surface area contributed by atoms with E-state index in [1.165, 1.54) is 11.8 Å². The minimum Gasteiger partial charge on any atom is -0.459 e. The summed E-state index contributed by atoms with van der Waals surface area (Å²) >= 11 is 0. The molecule has 0 aliphatic rings. The Bertz CT molecular complexity index is 678. The van der Waals surface area contributed by atoms with Crippen molar-refractivity contribution in [3.05, 3.63) is 59.5 Å². The van der Waals surface area contributed by atoms with Crippen LogP contribution in [-0.4, -0.2) is 25.0 Å². The normalized spacial score (nSPS) is 11.8. The fraction of sp³-hybridized carbons (Fsp3) is 0.368. The molecule has 0 fully saturated rings. The maximum atomic E-state index is 11.9. The van der Waals surface area contributed by atoms with E-state index in [4.69, 9.17) is 4.42 Å². The summed E-state index contributed by atoms with van der Waals surface area (Å²) in [6.45, 7) is 6.88. The lowest BCUT2D eigenvalue weighted by molar-refractivity contribution is 0.0926. The van der Waals surface area contributed by atoms with Gasteiger partial charge in [0.25, 0.3) is 5.91 Å². The molecule has 6 heteroatoms. The Hall–Kier alpha value is -2.76. The molecule has 25 heavy (non-hydrogen) atoms. The molecule has 1 unspecified atom stereocenters. The van der Waals surface area contributed by atoms with E-state index in [0.29, 0.717) is 19.0 Å². The van der Waals surface area contributed by atoms with Crippen LogP contribution in [0.3, 0.4) is 0 Å². The van der Waals surface area contributed by atoms with Crippen LogP contribution in [0.1, 0.15) is 54.4 Å². The first-order valence-corrected chi connectivity index (χ1v) is 8.43. The quantitative estimate of drug-likeness (QED) is 0.675. The number of hydrogen-bond donors (Lipinski definition) is 3. The first-order valence-electron chi connectivity index (χ1n) is 8.43. The summed E-state index contributed by atoms with van der Waals surface area (Å²) in [6.07, 6.45) is 1.44. The Morgan fingerprint density at radius 2 is 1.60 bits per heavy atom. The summed E-state index contributed by atoms with van der Waals surface area (Å²) < 4.78 is 4.99. The van der Waals surface area contributed by atoms with Gasteiger partial charge in [0.1, 0.15) is 0 Å². The summed E-state index contributed by atoms with van der Waals surface area (Å²) in [5.74, 6) is 0.436. The Balaban J connectivity index is 1.69. The molecule has 0 aliphatic carbocycles. The molecule has 3 N–H and O–H groups in total. The van der Waals surface area contributed by atoms with Crippen LogP contribution in [0.15, 0.2) is 47.1 Å². The Kier molecular flexibility index (Phi) is 6.62. The van der Waals surface area contributed by atoms with Gasteiger partial charge in [-0.1, -0.05) is 38.1 Å². The number of benzene rings is 1. The number of urea groups is 1. The SMILES string of the molecule is CC(C)c1ccc(C(C)NC(=O)NCCNC(=O)c2ccco2)cc1. The number of furan rings is 1. The molecule has 0 spiro atoms. The molecule has 0 saturated heterocycles. The number of rotatable bonds is 7. The molecule has 0 radical (unpaired) electrons. The minimum absolute atomic E-state index is 0.0982. The van der Waals surface area contributed by atoms with Crippen molar-refractivity contribution in [3.63, 3.8) is 0 Å². The third kappa shape index (κ3) is 5.67. The summed E-state index contributed by atoms with van der Waals surface area (Å²) in [7, 11) is 0. The zero-order chi connectivity index (χ0) is 18.2. The van der Waals surface area contributed by atoms with Gasteiger partial charge in [-0.25, -0.2) is 4.79 Å². The van der Waals surface area contributed by atoms with E-state index in [-0.39, 0.29) is 23.7 Å².